The van der Waals surface area contributed by atoms with Gasteiger partial charge in [-0.05, 0) is 37.5 Å². The van der Waals surface area contributed by atoms with Gasteiger partial charge < -0.3 is 5.73 Å². The first kappa shape index (κ1) is 13.3. The van der Waals surface area contributed by atoms with E-state index in [1.54, 1.807) is 0 Å². The van der Waals surface area contributed by atoms with Crippen LogP contribution in [-0.4, -0.2) is 13.4 Å². The van der Waals surface area contributed by atoms with Gasteiger partial charge in [0, 0.05) is 10.6 Å². The molecule has 8 heteroatoms. The maximum absolute atomic E-state index is 13.2. The second-order valence-corrected chi connectivity index (χ2v) is 7.33. The SMILES string of the molecule is Nc1cc(F)cc(S(=O)(=O)Nc2nc3c(s2)CCC3)c1. The highest BCUT2D eigenvalue weighted by atomic mass is 32.2. The molecule has 2 aromatic rings. The van der Waals surface area contributed by atoms with Crippen LogP contribution in [0.1, 0.15) is 17.0 Å². The predicted octanol–water partition coefficient (Wildman–Crippen LogP) is 2.15. The summed E-state index contributed by atoms with van der Waals surface area (Å²) < 4.78 is 40.0. The number of aryl methyl sites for hydroxylation is 2. The van der Waals surface area contributed by atoms with Crippen LogP contribution in [0.25, 0.3) is 0 Å². The van der Waals surface area contributed by atoms with E-state index in [1.165, 1.54) is 17.4 Å². The third-order valence-electron chi connectivity index (χ3n) is 3.02. The van der Waals surface area contributed by atoms with Gasteiger partial charge in [0.25, 0.3) is 10.0 Å². The van der Waals surface area contributed by atoms with Crippen molar-refractivity contribution >= 4 is 32.2 Å². The van der Waals surface area contributed by atoms with Crippen molar-refractivity contribution in [1.29, 1.82) is 0 Å². The van der Waals surface area contributed by atoms with Gasteiger partial charge in [-0.25, -0.2) is 17.8 Å². The molecule has 1 aliphatic carbocycles. The average Bonchev–Trinajstić information content (AvgIpc) is 2.87. The normalized spacial score (nSPS) is 14.2. The van der Waals surface area contributed by atoms with Crippen molar-refractivity contribution in [3.8, 4) is 0 Å². The summed E-state index contributed by atoms with van der Waals surface area (Å²) in [5.74, 6) is -0.688. The van der Waals surface area contributed by atoms with Gasteiger partial charge in [0.15, 0.2) is 5.13 Å². The van der Waals surface area contributed by atoms with E-state index in [9.17, 15) is 12.8 Å². The number of rotatable bonds is 3. The number of fused-ring (bicyclic) bond motifs is 1. The van der Waals surface area contributed by atoms with Crippen molar-refractivity contribution < 1.29 is 12.8 Å². The van der Waals surface area contributed by atoms with Crippen molar-refractivity contribution in [3.05, 3.63) is 34.6 Å². The molecule has 0 saturated heterocycles. The lowest BCUT2D eigenvalue weighted by Gasteiger charge is -2.06. The van der Waals surface area contributed by atoms with E-state index >= 15 is 0 Å². The summed E-state index contributed by atoms with van der Waals surface area (Å²) in [5.41, 5.74) is 6.48. The van der Waals surface area contributed by atoms with Crippen LogP contribution in [-0.2, 0) is 22.9 Å². The molecule has 0 spiro atoms. The van der Waals surface area contributed by atoms with Crippen LogP contribution in [0.15, 0.2) is 23.1 Å². The Morgan fingerprint density at radius 2 is 2.10 bits per heavy atom. The van der Waals surface area contributed by atoms with Crippen molar-refractivity contribution in [2.45, 2.75) is 24.2 Å². The number of anilines is 2. The van der Waals surface area contributed by atoms with E-state index < -0.39 is 15.8 Å². The molecule has 0 fully saturated rings. The summed E-state index contributed by atoms with van der Waals surface area (Å²) >= 11 is 1.33. The molecule has 0 unspecified atom stereocenters. The molecule has 0 atom stereocenters. The molecular weight excluding hydrogens is 301 g/mol. The molecule has 0 amide bonds. The number of nitrogens with two attached hydrogens (primary N) is 1. The minimum atomic E-state index is -3.87. The van der Waals surface area contributed by atoms with Crippen LogP contribution in [0.4, 0.5) is 15.2 Å². The van der Waals surface area contributed by atoms with E-state index in [0.29, 0.717) is 5.13 Å². The summed E-state index contributed by atoms with van der Waals surface area (Å²) in [6, 6.07) is 3.21. The van der Waals surface area contributed by atoms with Crippen LogP contribution in [0.2, 0.25) is 0 Å². The van der Waals surface area contributed by atoms with E-state index in [4.69, 9.17) is 5.73 Å². The molecule has 5 nitrogen and oxygen atoms in total. The first-order valence-electron chi connectivity index (χ1n) is 6.01. The van der Waals surface area contributed by atoms with Crippen molar-refractivity contribution in [1.82, 2.24) is 4.98 Å². The number of thiazole rings is 1. The van der Waals surface area contributed by atoms with Gasteiger partial charge >= 0.3 is 0 Å². The Morgan fingerprint density at radius 3 is 2.80 bits per heavy atom. The minimum absolute atomic E-state index is 0.0620. The highest BCUT2D eigenvalue weighted by Gasteiger charge is 2.21. The fourth-order valence-corrected chi connectivity index (χ4v) is 4.50. The van der Waals surface area contributed by atoms with Crippen LogP contribution in [0.5, 0.6) is 0 Å². The van der Waals surface area contributed by atoms with Gasteiger partial charge in [-0.3, -0.25) is 4.72 Å². The molecule has 3 N–H and O–H groups in total. The predicted molar refractivity (Wildman–Crippen MR) is 75.8 cm³/mol. The Bertz CT molecular complexity index is 729. The number of hydrogen-bond acceptors (Lipinski definition) is 5. The number of halogens is 1. The Morgan fingerprint density at radius 1 is 1.30 bits per heavy atom. The fourth-order valence-electron chi connectivity index (χ4n) is 2.15. The number of aromatic nitrogens is 1. The molecule has 3 rings (SSSR count). The first-order valence-corrected chi connectivity index (χ1v) is 8.31. The van der Waals surface area contributed by atoms with Gasteiger partial charge in [-0.1, -0.05) is 0 Å². The standard InChI is InChI=1S/C12H12FN3O2S2/c13-7-4-8(14)6-9(5-7)20(17,18)16-12-15-10-2-1-3-11(10)19-12/h4-6H,1-3,14H2,(H,15,16). The average molecular weight is 313 g/mol. The molecular formula is C12H12FN3O2S2. The third-order valence-corrected chi connectivity index (χ3v) is 5.54. The molecule has 0 aliphatic heterocycles. The molecule has 1 heterocycles. The monoisotopic (exact) mass is 313 g/mol. The number of nitrogens with one attached hydrogen (secondary N) is 1. The van der Waals surface area contributed by atoms with Gasteiger partial charge in [0.05, 0.1) is 10.6 Å². The lowest BCUT2D eigenvalue weighted by molar-refractivity contribution is 0.595. The van der Waals surface area contributed by atoms with Crippen molar-refractivity contribution in [3.63, 3.8) is 0 Å². The zero-order valence-corrected chi connectivity index (χ0v) is 12.0. The highest BCUT2D eigenvalue weighted by molar-refractivity contribution is 7.93. The number of nitrogens with zero attached hydrogens (tertiary/aromatic N) is 1. The van der Waals surface area contributed by atoms with E-state index in [0.717, 1.165) is 42.0 Å². The summed E-state index contributed by atoms with van der Waals surface area (Å²) in [6.07, 6.45) is 2.86. The molecule has 0 bridgehead atoms. The maximum Gasteiger partial charge on any atom is 0.263 e. The lowest BCUT2D eigenvalue weighted by atomic mass is 10.3. The van der Waals surface area contributed by atoms with Crippen LogP contribution in [0, 0.1) is 5.82 Å². The summed E-state index contributed by atoms with van der Waals surface area (Å²) in [6.45, 7) is 0. The van der Waals surface area contributed by atoms with Gasteiger partial charge in [-0.2, -0.15) is 0 Å². The Balaban J connectivity index is 1.91. The quantitative estimate of drug-likeness (QED) is 0.850. The summed E-state index contributed by atoms with van der Waals surface area (Å²) in [5, 5.41) is 0.317. The van der Waals surface area contributed by atoms with Crippen LogP contribution < -0.4 is 10.5 Å². The van der Waals surface area contributed by atoms with Crippen LogP contribution in [0.3, 0.4) is 0 Å². The Hall–Kier alpha value is -1.67. The van der Waals surface area contributed by atoms with E-state index in [1.807, 2.05) is 0 Å². The lowest BCUT2D eigenvalue weighted by Crippen LogP contribution is -2.13. The molecule has 1 aromatic carbocycles. The van der Waals surface area contributed by atoms with Crippen LogP contribution >= 0.6 is 11.3 Å². The van der Waals surface area contributed by atoms with Crippen molar-refractivity contribution in [2.24, 2.45) is 0 Å². The number of benzene rings is 1. The Kier molecular flexibility index (Phi) is 3.14. The third kappa shape index (κ3) is 2.48. The summed E-state index contributed by atoms with van der Waals surface area (Å²) in [4.78, 5) is 5.16. The maximum atomic E-state index is 13.2. The molecule has 0 radical (unpaired) electrons. The van der Waals surface area contributed by atoms with Gasteiger partial charge in [-0.15, -0.1) is 11.3 Å². The Labute approximate surface area is 119 Å². The number of sulfonamides is 1. The molecule has 1 aromatic heterocycles. The zero-order chi connectivity index (χ0) is 14.3. The highest BCUT2D eigenvalue weighted by Crippen LogP contribution is 2.31. The van der Waals surface area contributed by atoms with Crippen molar-refractivity contribution in [2.75, 3.05) is 10.5 Å². The number of nitrogen functional groups attached to an aromatic ring is 1. The topological polar surface area (TPSA) is 85.1 Å². The molecule has 20 heavy (non-hydrogen) atoms. The second kappa shape index (κ2) is 4.71. The first-order chi connectivity index (χ1) is 9.44. The molecule has 0 saturated carbocycles. The number of hydrogen-bond donors (Lipinski definition) is 2. The van der Waals surface area contributed by atoms with Gasteiger partial charge in [0.1, 0.15) is 5.82 Å². The fraction of sp³-hybridized carbons (Fsp3) is 0.250. The van der Waals surface area contributed by atoms with E-state index in [2.05, 4.69) is 9.71 Å². The second-order valence-electron chi connectivity index (χ2n) is 4.57. The zero-order valence-electron chi connectivity index (χ0n) is 10.4. The minimum Gasteiger partial charge on any atom is -0.399 e. The molecule has 106 valence electrons. The smallest absolute Gasteiger partial charge is 0.263 e. The van der Waals surface area contributed by atoms with E-state index in [-0.39, 0.29) is 10.6 Å². The van der Waals surface area contributed by atoms with Gasteiger partial charge in [0.2, 0.25) is 0 Å². The largest absolute Gasteiger partial charge is 0.399 e. The molecule has 1 aliphatic rings. The summed E-state index contributed by atoms with van der Waals surface area (Å²) in [7, 11) is -3.87.